The summed E-state index contributed by atoms with van der Waals surface area (Å²) in [6.45, 7) is 7.19. The van der Waals surface area contributed by atoms with E-state index in [0.29, 0.717) is 23.7 Å². The number of para-hydroxylation sites is 1. The number of benzene rings is 1. The van der Waals surface area contributed by atoms with E-state index in [2.05, 4.69) is 17.2 Å². The highest BCUT2D eigenvalue weighted by atomic mass is 32.1. The van der Waals surface area contributed by atoms with Crippen LogP contribution in [0.1, 0.15) is 4.88 Å². The molecular weight excluding hydrogens is 378 g/mol. The molecule has 1 fully saturated rings. The summed E-state index contributed by atoms with van der Waals surface area (Å²) < 4.78 is 10.0. The van der Waals surface area contributed by atoms with Crippen LogP contribution >= 0.6 is 23.6 Å². The SMILES string of the molecule is C=CCn1c(O)c(/C=C2\C=c3ccccc3=NC2=[N+]2CCOCC2)sc1=S. The maximum Gasteiger partial charge on any atom is 0.326 e. The third-order valence-corrected chi connectivity index (χ3v) is 5.92. The number of fused-ring (bicyclic) bond motifs is 1. The van der Waals surface area contributed by atoms with Gasteiger partial charge in [-0.25, -0.2) is 0 Å². The Bertz CT molecular complexity index is 1130. The quantitative estimate of drug-likeness (QED) is 0.489. The molecule has 138 valence electrons. The van der Waals surface area contributed by atoms with Gasteiger partial charge in [-0.1, -0.05) is 24.3 Å². The topological polar surface area (TPSA) is 49.8 Å². The summed E-state index contributed by atoms with van der Waals surface area (Å²) >= 11 is 6.78. The molecule has 1 aromatic heterocycles. The molecule has 0 unspecified atom stereocenters. The van der Waals surface area contributed by atoms with Gasteiger partial charge in [0, 0.05) is 11.8 Å². The average Bonchev–Trinajstić information content (AvgIpc) is 2.96. The molecule has 0 saturated carbocycles. The van der Waals surface area contributed by atoms with Crippen molar-refractivity contribution in [1.82, 2.24) is 4.57 Å². The first-order valence-electron chi connectivity index (χ1n) is 8.78. The second kappa shape index (κ2) is 7.72. The molecule has 27 heavy (non-hydrogen) atoms. The van der Waals surface area contributed by atoms with Gasteiger partial charge in [-0.2, -0.15) is 0 Å². The second-order valence-electron chi connectivity index (χ2n) is 6.29. The zero-order valence-electron chi connectivity index (χ0n) is 14.8. The van der Waals surface area contributed by atoms with Crippen LogP contribution < -0.4 is 10.6 Å². The van der Waals surface area contributed by atoms with Crippen LogP contribution in [0.25, 0.3) is 12.2 Å². The predicted octanol–water partition coefficient (Wildman–Crippen LogP) is 2.11. The van der Waals surface area contributed by atoms with E-state index < -0.39 is 0 Å². The number of aromatic nitrogens is 1. The molecule has 2 aromatic rings. The molecule has 0 aliphatic carbocycles. The van der Waals surface area contributed by atoms with Crippen LogP contribution in [0.3, 0.4) is 0 Å². The van der Waals surface area contributed by atoms with Crippen molar-refractivity contribution in [2.24, 2.45) is 4.99 Å². The van der Waals surface area contributed by atoms with E-state index in [1.54, 1.807) is 10.6 Å². The number of hydrogen-bond acceptors (Lipinski definition) is 4. The summed E-state index contributed by atoms with van der Waals surface area (Å²) in [5, 5.41) is 12.6. The first kappa shape index (κ1) is 18.0. The summed E-state index contributed by atoms with van der Waals surface area (Å²) in [4.78, 5) is 5.63. The normalized spacial score (nSPS) is 18.0. The molecule has 2 aliphatic heterocycles. The smallest absolute Gasteiger partial charge is 0.326 e. The molecule has 4 rings (SSSR count). The molecule has 2 aliphatic rings. The average molecular weight is 399 g/mol. The minimum absolute atomic E-state index is 0.172. The zero-order valence-corrected chi connectivity index (χ0v) is 16.4. The van der Waals surface area contributed by atoms with E-state index in [1.807, 2.05) is 30.3 Å². The summed E-state index contributed by atoms with van der Waals surface area (Å²) in [5.74, 6) is 1.08. The van der Waals surface area contributed by atoms with Crippen molar-refractivity contribution in [2.75, 3.05) is 26.3 Å². The molecule has 1 saturated heterocycles. The molecule has 0 radical (unpaired) electrons. The minimum atomic E-state index is 0.172. The Balaban J connectivity index is 1.90. The van der Waals surface area contributed by atoms with E-state index >= 15 is 0 Å². The highest BCUT2D eigenvalue weighted by Crippen LogP contribution is 2.29. The van der Waals surface area contributed by atoms with Crippen molar-refractivity contribution in [3.63, 3.8) is 0 Å². The Morgan fingerprint density at radius 1 is 1.33 bits per heavy atom. The third-order valence-electron chi connectivity index (χ3n) is 4.53. The zero-order chi connectivity index (χ0) is 18.8. The summed E-state index contributed by atoms with van der Waals surface area (Å²) in [5.41, 5.74) is 0.966. The fraction of sp³-hybridized carbons (Fsp3) is 0.250. The number of nitrogens with zero attached hydrogens (tertiary/aromatic N) is 3. The Morgan fingerprint density at radius 3 is 2.89 bits per heavy atom. The van der Waals surface area contributed by atoms with Crippen molar-refractivity contribution < 1.29 is 14.4 Å². The number of ether oxygens (including phenoxy) is 1. The molecule has 3 heterocycles. The van der Waals surface area contributed by atoms with Gasteiger partial charge in [0.05, 0.1) is 23.7 Å². The minimum Gasteiger partial charge on any atom is -0.493 e. The van der Waals surface area contributed by atoms with Crippen molar-refractivity contribution in [3.05, 3.63) is 61.9 Å². The Morgan fingerprint density at radius 2 is 2.11 bits per heavy atom. The monoisotopic (exact) mass is 398 g/mol. The van der Waals surface area contributed by atoms with Gasteiger partial charge >= 0.3 is 5.84 Å². The van der Waals surface area contributed by atoms with Crippen LogP contribution in [-0.4, -0.2) is 46.4 Å². The van der Waals surface area contributed by atoms with Crippen LogP contribution in [0.2, 0.25) is 0 Å². The molecule has 0 bridgehead atoms. The predicted molar refractivity (Wildman–Crippen MR) is 110 cm³/mol. The van der Waals surface area contributed by atoms with Gasteiger partial charge in [-0.3, -0.25) is 9.14 Å². The second-order valence-corrected chi connectivity index (χ2v) is 7.97. The van der Waals surface area contributed by atoms with Gasteiger partial charge in [0.15, 0.2) is 9.31 Å². The number of morpholine rings is 1. The van der Waals surface area contributed by atoms with E-state index in [0.717, 1.165) is 40.0 Å². The van der Waals surface area contributed by atoms with Crippen LogP contribution in [-0.2, 0) is 11.3 Å². The number of thiazole rings is 1. The lowest BCUT2D eigenvalue weighted by Gasteiger charge is -2.16. The molecule has 0 atom stereocenters. The highest BCUT2D eigenvalue weighted by molar-refractivity contribution is 7.73. The lowest BCUT2D eigenvalue weighted by molar-refractivity contribution is -0.549. The molecule has 1 aromatic carbocycles. The Labute approximate surface area is 166 Å². The first-order chi connectivity index (χ1) is 13.2. The van der Waals surface area contributed by atoms with Crippen molar-refractivity contribution in [3.8, 4) is 5.88 Å². The maximum absolute atomic E-state index is 10.6. The maximum atomic E-state index is 10.6. The lowest BCUT2D eigenvalue weighted by Crippen LogP contribution is -2.38. The van der Waals surface area contributed by atoms with Crippen molar-refractivity contribution >= 4 is 41.5 Å². The van der Waals surface area contributed by atoms with Gasteiger partial charge in [-0.15, -0.1) is 17.9 Å². The number of aromatic hydroxyl groups is 1. The van der Waals surface area contributed by atoms with Gasteiger partial charge in [0.25, 0.3) is 0 Å². The molecule has 5 nitrogen and oxygen atoms in total. The van der Waals surface area contributed by atoms with Crippen LogP contribution in [0.4, 0.5) is 0 Å². The Kier molecular flexibility index (Phi) is 5.15. The van der Waals surface area contributed by atoms with Crippen LogP contribution in [0.15, 0.2) is 47.5 Å². The fourth-order valence-corrected chi connectivity index (χ4v) is 4.47. The van der Waals surface area contributed by atoms with E-state index in [-0.39, 0.29) is 5.88 Å². The van der Waals surface area contributed by atoms with Gasteiger partial charge in [-0.05, 0) is 35.4 Å². The fourth-order valence-electron chi connectivity index (χ4n) is 3.20. The molecule has 0 spiro atoms. The standard InChI is InChI=1S/C20H19N3O2S2/c1-2-7-23-19(24)17(27-20(23)26)13-15-12-14-5-3-4-6-16(14)21-18(15)22-8-10-25-11-9-22/h2-6,12-13H,1,7-11H2/p+1. The van der Waals surface area contributed by atoms with Gasteiger partial charge in [0.1, 0.15) is 13.1 Å². The molecule has 0 amide bonds. The number of rotatable bonds is 3. The van der Waals surface area contributed by atoms with Crippen molar-refractivity contribution in [2.45, 2.75) is 6.54 Å². The van der Waals surface area contributed by atoms with Crippen molar-refractivity contribution in [1.29, 1.82) is 0 Å². The third kappa shape index (κ3) is 3.58. The first-order valence-corrected chi connectivity index (χ1v) is 10.0. The van der Waals surface area contributed by atoms with Crippen LogP contribution in [0.5, 0.6) is 5.88 Å². The van der Waals surface area contributed by atoms with E-state index in [4.69, 9.17) is 21.9 Å². The van der Waals surface area contributed by atoms with Gasteiger partial charge in [0.2, 0.25) is 5.88 Å². The largest absolute Gasteiger partial charge is 0.493 e. The molecule has 7 heteroatoms. The summed E-state index contributed by atoms with van der Waals surface area (Å²) in [7, 11) is 0. The molecule has 1 N–H and O–H groups in total. The highest BCUT2D eigenvalue weighted by Gasteiger charge is 2.24. The van der Waals surface area contributed by atoms with E-state index in [1.165, 1.54) is 11.3 Å². The summed E-state index contributed by atoms with van der Waals surface area (Å²) in [6, 6.07) is 8.07. The number of amidine groups is 1. The molecular formula is C20H20N3O2S2+. The number of allylic oxidation sites excluding steroid dienone is 1. The number of hydrogen-bond donors (Lipinski definition) is 1. The van der Waals surface area contributed by atoms with Crippen LogP contribution in [0, 0.1) is 3.95 Å². The lowest BCUT2D eigenvalue weighted by atomic mass is 10.1. The van der Waals surface area contributed by atoms with E-state index in [9.17, 15) is 5.11 Å². The summed E-state index contributed by atoms with van der Waals surface area (Å²) in [6.07, 6.45) is 5.82. The van der Waals surface area contributed by atoms with Gasteiger partial charge < -0.3 is 9.84 Å². The Hall–Kier alpha value is -2.35.